The summed E-state index contributed by atoms with van der Waals surface area (Å²) in [6.45, 7) is 4.48. The van der Waals surface area contributed by atoms with Gasteiger partial charge in [-0.1, -0.05) is 44.2 Å². The molecular formula is C19H22O. The third kappa shape index (κ3) is 1.47. The van der Waals surface area contributed by atoms with E-state index in [1.54, 1.807) is 0 Å². The van der Waals surface area contributed by atoms with Crippen LogP contribution in [-0.2, 0) is 16.6 Å². The first-order valence-electron chi connectivity index (χ1n) is 7.96. The van der Waals surface area contributed by atoms with Crippen molar-refractivity contribution < 1.29 is 4.79 Å². The van der Waals surface area contributed by atoms with E-state index in [1.165, 1.54) is 23.1 Å². The lowest BCUT2D eigenvalue weighted by molar-refractivity contribution is -0.126. The van der Waals surface area contributed by atoms with Crippen LogP contribution < -0.4 is 0 Å². The summed E-state index contributed by atoms with van der Waals surface area (Å²) in [5.74, 6) is 2.16. The molecule has 1 heteroatoms. The monoisotopic (exact) mass is 266 g/mol. The maximum atomic E-state index is 12.8. The average Bonchev–Trinajstić information content (AvgIpc) is 3.04. The molecule has 1 nitrogen and oxygen atoms in total. The van der Waals surface area contributed by atoms with Crippen molar-refractivity contribution >= 4 is 5.78 Å². The molecule has 4 rings (SSSR count). The molecule has 1 saturated carbocycles. The van der Waals surface area contributed by atoms with Crippen LogP contribution in [0.15, 0.2) is 30.4 Å². The van der Waals surface area contributed by atoms with E-state index in [0.717, 1.165) is 19.3 Å². The predicted molar refractivity (Wildman–Crippen MR) is 80.9 cm³/mol. The zero-order chi connectivity index (χ0) is 13.9. The molecule has 104 valence electrons. The van der Waals surface area contributed by atoms with Crippen LogP contribution in [0.4, 0.5) is 0 Å². The minimum Gasteiger partial charge on any atom is -0.299 e. The molecule has 3 unspecified atom stereocenters. The molecule has 0 aliphatic heterocycles. The van der Waals surface area contributed by atoms with Crippen LogP contribution in [0.25, 0.3) is 0 Å². The second-order valence-corrected chi connectivity index (χ2v) is 7.16. The highest BCUT2D eigenvalue weighted by Gasteiger charge is 2.55. The fourth-order valence-electron chi connectivity index (χ4n) is 4.72. The van der Waals surface area contributed by atoms with Gasteiger partial charge in [0.25, 0.3) is 0 Å². The molecule has 20 heavy (non-hydrogen) atoms. The molecule has 1 fully saturated rings. The molecule has 3 aliphatic rings. The van der Waals surface area contributed by atoms with Gasteiger partial charge in [-0.3, -0.25) is 4.79 Å². The first-order chi connectivity index (χ1) is 9.61. The number of carbonyl (C=O) groups is 1. The molecule has 1 spiro atoms. The van der Waals surface area contributed by atoms with E-state index in [4.69, 9.17) is 0 Å². The zero-order valence-corrected chi connectivity index (χ0v) is 12.4. The summed E-state index contributed by atoms with van der Waals surface area (Å²) in [5.41, 5.74) is 4.04. The summed E-state index contributed by atoms with van der Waals surface area (Å²) in [6, 6.07) is 6.89. The Bertz CT molecular complexity index is 610. The largest absolute Gasteiger partial charge is 0.299 e. The molecule has 1 aromatic rings. The zero-order valence-electron chi connectivity index (χ0n) is 12.4. The first kappa shape index (κ1) is 12.4. The van der Waals surface area contributed by atoms with Crippen molar-refractivity contribution in [1.29, 1.82) is 0 Å². The second kappa shape index (κ2) is 4.07. The van der Waals surface area contributed by atoms with Crippen molar-refractivity contribution in [1.82, 2.24) is 0 Å². The van der Waals surface area contributed by atoms with Gasteiger partial charge in [0.2, 0.25) is 0 Å². The van der Waals surface area contributed by atoms with Gasteiger partial charge in [0, 0.05) is 6.42 Å². The highest BCUT2D eigenvalue weighted by molar-refractivity contribution is 5.94. The summed E-state index contributed by atoms with van der Waals surface area (Å²) < 4.78 is 0. The second-order valence-electron chi connectivity index (χ2n) is 7.16. The van der Waals surface area contributed by atoms with Crippen molar-refractivity contribution in [3.63, 3.8) is 0 Å². The molecule has 0 aromatic heterocycles. The quantitative estimate of drug-likeness (QED) is 0.698. The van der Waals surface area contributed by atoms with Gasteiger partial charge in [-0.15, -0.1) is 0 Å². The van der Waals surface area contributed by atoms with Crippen LogP contribution in [-0.4, -0.2) is 5.78 Å². The van der Waals surface area contributed by atoms with E-state index in [0.29, 0.717) is 23.5 Å². The van der Waals surface area contributed by atoms with Gasteiger partial charge in [0.1, 0.15) is 5.78 Å². The fraction of sp³-hybridized carbons (Fsp3) is 0.526. The third-order valence-corrected chi connectivity index (χ3v) is 5.78. The molecule has 3 atom stereocenters. The maximum Gasteiger partial charge on any atom is 0.144 e. The van der Waals surface area contributed by atoms with Crippen LogP contribution in [0.5, 0.6) is 0 Å². The standard InChI is InChI=1S/C19H22O/c1-12(2)14-4-7-17-15(10-14)5-8-18(20)19(17)11-13-3-6-16(19)9-13/h3-4,6-7,10,12-13,16H,5,8-9,11H2,1-2H3. The lowest BCUT2D eigenvalue weighted by atomic mass is 9.62. The molecule has 0 amide bonds. The molecule has 0 saturated heterocycles. The molecular weight excluding hydrogens is 244 g/mol. The Morgan fingerprint density at radius 1 is 1.20 bits per heavy atom. The Kier molecular flexibility index (Phi) is 2.52. The molecule has 0 radical (unpaired) electrons. The number of fused-ring (bicyclic) bond motifs is 5. The number of benzene rings is 1. The van der Waals surface area contributed by atoms with Gasteiger partial charge in [0.15, 0.2) is 0 Å². The fourth-order valence-corrected chi connectivity index (χ4v) is 4.72. The van der Waals surface area contributed by atoms with E-state index in [2.05, 4.69) is 44.2 Å². The molecule has 3 aliphatic carbocycles. The van der Waals surface area contributed by atoms with Gasteiger partial charge >= 0.3 is 0 Å². The van der Waals surface area contributed by atoms with E-state index < -0.39 is 0 Å². The smallest absolute Gasteiger partial charge is 0.144 e. The van der Waals surface area contributed by atoms with Crippen molar-refractivity contribution in [2.75, 3.05) is 0 Å². The normalized spacial score (nSPS) is 34.2. The van der Waals surface area contributed by atoms with Crippen molar-refractivity contribution in [2.24, 2.45) is 11.8 Å². The van der Waals surface area contributed by atoms with Gasteiger partial charge in [-0.2, -0.15) is 0 Å². The van der Waals surface area contributed by atoms with Gasteiger partial charge < -0.3 is 0 Å². The average molecular weight is 266 g/mol. The number of ketones is 1. The first-order valence-corrected chi connectivity index (χ1v) is 7.96. The van der Waals surface area contributed by atoms with Crippen LogP contribution in [0, 0.1) is 11.8 Å². The minimum absolute atomic E-state index is 0.164. The Hall–Kier alpha value is -1.37. The van der Waals surface area contributed by atoms with E-state index in [9.17, 15) is 4.79 Å². The number of carbonyl (C=O) groups excluding carboxylic acids is 1. The topological polar surface area (TPSA) is 17.1 Å². The predicted octanol–water partition coefficient (Wildman–Crippen LogP) is 4.16. The Labute approximate surface area is 121 Å². The Balaban J connectivity index is 1.87. The van der Waals surface area contributed by atoms with Gasteiger partial charge in [0.05, 0.1) is 5.41 Å². The van der Waals surface area contributed by atoms with Gasteiger partial charge in [-0.25, -0.2) is 0 Å². The number of Topliss-reactive ketones (excluding diaryl/α,β-unsaturated/α-hetero) is 1. The summed E-state index contributed by atoms with van der Waals surface area (Å²) >= 11 is 0. The minimum atomic E-state index is -0.164. The Morgan fingerprint density at radius 2 is 2.05 bits per heavy atom. The molecule has 0 heterocycles. The van der Waals surface area contributed by atoms with Crippen LogP contribution in [0.3, 0.4) is 0 Å². The maximum absolute atomic E-state index is 12.8. The van der Waals surface area contributed by atoms with E-state index in [1.807, 2.05) is 0 Å². The highest BCUT2D eigenvalue weighted by Crippen LogP contribution is 2.56. The van der Waals surface area contributed by atoms with Crippen LogP contribution in [0.1, 0.15) is 55.7 Å². The third-order valence-electron chi connectivity index (χ3n) is 5.78. The highest BCUT2D eigenvalue weighted by atomic mass is 16.1. The number of rotatable bonds is 1. The van der Waals surface area contributed by atoms with Crippen LogP contribution >= 0.6 is 0 Å². The van der Waals surface area contributed by atoms with Crippen molar-refractivity contribution in [2.45, 2.75) is 50.9 Å². The Morgan fingerprint density at radius 3 is 2.70 bits per heavy atom. The van der Waals surface area contributed by atoms with Crippen LogP contribution in [0.2, 0.25) is 0 Å². The van der Waals surface area contributed by atoms with Crippen molar-refractivity contribution in [3.8, 4) is 0 Å². The number of hydrogen-bond donors (Lipinski definition) is 0. The molecule has 0 N–H and O–H groups in total. The van der Waals surface area contributed by atoms with Crippen molar-refractivity contribution in [3.05, 3.63) is 47.0 Å². The molecule has 1 aromatic carbocycles. The number of hydrogen-bond acceptors (Lipinski definition) is 1. The summed E-state index contributed by atoms with van der Waals surface area (Å²) in [6.07, 6.45) is 8.58. The van der Waals surface area contributed by atoms with E-state index in [-0.39, 0.29) is 5.41 Å². The lowest BCUT2D eigenvalue weighted by Crippen LogP contribution is -2.43. The lowest BCUT2D eigenvalue weighted by Gasteiger charge is -2.39. The van der Waals surface area contributed by atoms with E-state index >= 15 is 0 Å². The summed E-state index contributed by atoms with van der Waals surface area (Å²) in [4.78, 5) is 12.8. The molecule has 2 bridgehead atoms. The van der Waals surface area contributed by atoms with Gasteiger partial charge in [-0.05, 0) is 53.7 Å². The summed E-state index contributed by atoms with van der Waals surface area (Å²) in [5, 5.41) is 0. The summed E-state index contributed by atoms with van der Waals surface area (Å²) in [7, 11) is 0. The SMILES string of the molecule is CC(C)c1ccc2c(c1)CCC(=O)C21CC2C=CC1C2. The number of aryl methyl sites for hydroxylation is 1. The number of allylic oxidation sites excluding steroid dienone is 2.